The van der Waals surface area contributed by atoms with Gasteiger partial charge in [0.1, 0.15) is 24.0 Å². The normalized spacial score (nSPS) is 16.3. The van der Waals surface area contributed by atoms with E-state index < -0.39 is 22.8 Å². The second-order valence-electron chi connectivity index (χ2n) is 12.9. The maximum atomic E-state index is 13.4. The number of carbonyl (C=O) groups excluding carboxylic acids is 1. The number of aromatic nitrogens is 4. The topological polar surface area (TPSA) is 199 Å². The highest BCUT2D eigenvalue weighted by Crippen LogP contribution is 2.35. The molecule has 0 saturated heterocycles. The van der Waals surface area contributed by atoms with Gasteiger partial charge in [0.05, 0.1) is 36.7 Å². The second-order valence-corrected chi connectivity index (χ2v) is 14.2. The Balaban J connectivity index is 1.03. The van der Waals surface area contributed by atoms with Crippen molar-refractivity contribution >= 4 is 33.8 Å². The first kappa shape index (κ1) is 38.0. The number of methoxy groups -OCH3 is 1. The molecule has 2 atom stereocenters. The fraction of sp³-hybridized carbons (Fsp3) is 0.389. The predicted molar refractivity (Wildman–Crippen MR) is 199 cm³/mol. The van der Waals surface area contributed by atoms with Gasteiger partial charge in [-0.25, -0.2) is 24.5 Å². The van der Waals surface area contributed by atoms with E-state index in [1.807, 2.05) is 68.5 Å². The summed E-state index contributed by atoms with van der Waals surface area (Å²) >= 11 is 0. The van der Waals surface area contributed by atoms with E-state index in [0.29, 0.717) is 30.4 Å². The molecule has 2 unspecified atom stereocenters. The summed E-state index contributed by atoms with van der Waals surface area (Å²) in [5, 5.41) is 35.7. The van der Waals surface area contributed by atoms with E-state index in [9.17, 15) is 19.2 Å². The maximum absolute atomic E-state index is 13.4. The number of pyridine rings is 1. The van der Waals surface area contributed by atoms with Crippen LogP contribution in [0.5, 0.6) is 5.88 Å². The average Bonchev–Trinajstić information content (AvgIpc) is 3.81. The van der Waals surface area contributed by atoms with Crippen LogP contribution in [-0.2, 0) is 27.1 Å². The van der Waals surface area contributed by atoms with Crippen LogP contribution in [0.1, 0.15) is 43.0 Å². The number of fused-ring (bicyclic) bond motifs is 1. The zero-order valence-electron chi connectivity index (χ0n) is 29.8. The summed E-state index contributed by atoms with van der Waals surface area (Å²) in [4.78, 5) is 24.6. The van der Waals surface area contributed by atoms with Crippen LogP contribution in [-0.4, -0.2) is 113 Å². The van der Waals surface area contributed by atoms with Crippen LogP contribution in [0.2, 0.25) is 0 Å². The molecule has 2 aliphatic heterocycles. The largest absolute Gasteiger partial charge is 0.475 e. The molecule has 4 heterocycles. The van der Waals surface area contributed by atoms with Gasteiger partial charge >= 0.3 is 5.91 Å². The van der Waals surface area contributed by atoms with Crippen LogP contribution >= 0.6 is 0 Å². The Kier molecular flexibility index (Phi) is 12.1. The van der Waals surface area contributed by atoms with E-state index in [2.05, 4.69) is 30.6 Å². The second kappa shape index (κ2) is 16.9. The number of aliphatic hydroxyl groups is 3. The lowest BCUT2D eigenvalue weighted by atomic mass is 9.98. The number of aliphatic hydroxyl groups excluding tert-OH is 1. The van der Waals surface area contributed by atoms with Gasteiger partial charge in [0.25, 0.3) is 5.91 Å². The van der Waals surface area contributed by atoms with E-state index >= 15 is 0 Å². The van der Waals surface area contributed by atoms with Gasteiger partial charge in [-0.15, -0.1) is 0 Å². The number of hydrogen-bond acceptors (Lipinski definition) is 13. The molecule has 6 rings (SSSR count). The highest BCUT2D eigenvalue weighted by Gasteiger charge is 2.43. The fourth-order valence-corrected chi connectivity index (χ4v) is 7.00. The number of ether oxygens (including phenoxy) is 2. The first-order valence-electron chi connectivity index (χ1n) is 17.3. The van der Waals surface area contributed by atoms with Crippen molar-refractivity contribution in [3.05, 3.63) is 89.9 Å². The number of hydrazine groups is 1. The maximum Gasteiger partial charge on any atom is 0.310 e. The Hall–Kier alpha value is -4.75. The first-order chi connectivity index (χ1) is 25.5. The van der Waals surface area contributed by atoms with Gasteiger partial charge in [-0.05, 0) is 55.2 Å². The number of nitrogens with one attached hydrogen (secondary N) is 3. The quantitative estimate of drug-likeness (QED) is 0.0912. The van der Waals surface area contributed by atoms with Gasteiger partial charge in [-0.2, -0.15) is 5.10 Å². The number of benzene rings is 2. The standard InChI is InChI=1S/C36H45N9O7S/c1-24(2)52-32-11-8-28(21-37-32)33-30-20-29(9-10-31(30)39-40-33)42-53(50)19-17-44(23-51-3)36(48,49)35(47)43-14-12-26(13-15-43)25-4-6-27(7-5-25)34-38-22-45(41-34)16-18-46/h4-12,20-22,24,33,39-40,42,46,48-49H,13-19,23H2,1-3H3. The zero-order valence-corrected chi connectivity index (χ0v) is 30.6. The SMILES string of the molecule is COCN(CCS(=O)Nc1ccc2c(c1)C(c1ccc(OC(C)C)nc1)NN2)C(O)(O)C(=O)N1CC=C(c2ccc(-c3ncn(CCO)n3)cc2)CC1. The van der Waals surface area contributed by atoms with Crippen molar-refractivity contribution < 1.29 is 33.8 Å². The van der Waals surface area contributed by atoms with E-state index in [0.717, 1.165) is 38.4 Å². The van der Waals surface area contributed by atoms with Crippen molar-refractivity contribution in [2.24, 2.45) is 0 Å². The van der Waals surface area contributed by atoms with Gasteiger partial charge in [-0.1, -0.05) is 36.4 Å². The molecule has 0 spiro atoms. The molecule has 17 heteroatoms. The highest BCUT2D eigenvalue weighted by molar-refractivity contribution is 7.86. The third-order valence-electron chi connectivity index (χ3n) is 8.83. The molecule has 53 heavy (non-hydrogen) atoms. The molecule has 2 aromatic heterocycles. The average molecular weight is 748 g/mol. The molecule has 6 N–H and O–H groups in total. The van der Waals surface area contributed by atoms with Crippen molar-refractivity contribution in [3.63, 3.8) is 0 Å². The van der Waals surface area contributed by atoms with Crippen molar-refractivity contribution in [2.45, 2.75) is 44.9 Å². The summed E-state index contributed by atoms with van der Waals surface area (Å²) in [5.41, 5.74) is 12.6. The van der Waals surface area contributed by atoms with E-state index in [1.54, 1.807) is 23.3 Å². The summed E-state index contributed by atoms with van der Waals surface area (Å²) in [6.45, 7) is 4.27. The molecule has 0 aliphatic carbocycles. The van der Waals surface area contributed by atoms with Crippen LogP contribution in [0.25, 0.3) is 17.0 Å². The number of hydrogen-bond donors (Lipinski definition) is 6. The third kappa shape index (κ3) is 9.08. The van der Waals surface area contributed by atoms with Gasteiger partial charge in [0.15, 0.2) is 5.82 Å². The lowest BCUT2D eigenvalue weighted by molar-refractivity contribution is -0.269. The van der Waals surface area contributed by atoms with Gasteiger partial charge in [0.2, 0.25) is 5.88 Å². The minimum Gasteiger partial charge on any atom is -0.475 e. The van der Waals surface area contributed by atoms with Gasteiger partial charge in [-0.3, -0.25) is 9.48 Å². The number of carbonyl (C=O) groups is 1. The Labute approximate surface area is 310 Å². The molecular formula is C36H45N9O7S. The molecule has 0 saturated carbocycles. The molecule has 0 fully saturated rings. The van der Waals surface area contributed by atoms with Crippen molar-refractivity contribution in [2.75, 3.05) is 56.0 Å². The van der Waals surface area contributed by atoms with E-state index in [-0.39, 0.29) is 50.9 Å². The van der Waals surface area contributed by atoms with Crippen LogP contribution < -0.4 is 20.3 Å². The van der Waals surface area contributed by atoms with Crippen LogP contribution in [0.15, 0.2) is 73.2 Å². The summed E-state index contributed by atoms with van der Waals surface area (Å²) in [6, 6.07) is 16.9. The Morgan fingerprint density at radius 3 is 2.60 bits per heavy atom. The van der Waals surface area contributed by atoms with Crippen molar-refractivity contribution in [1.29, 1.82) is 0 Å². The van der Waals surface area contributed by atoms with Crippen LogP contribution in [0, 0.1) is 0 Å². The Morgan fingerprint density at radius 1 is 1.13 bits per heavy atom. The highest BCUT2D eigenvalue weighted by atomic mass is 32.2. The minimum absolute atomic E-state index is 0.0153. The number of amides is 1. The summed E-state index contributed by atoms with van der Waals surface area (Å²) in [5.74, 6) is -2.72. The van der Waals surface area contributed by atoms with E-state index in [4.69, 9.17) is 14.6 Å². The Morgan fingerprint density at radius 2 is 1.92 bits per heavy atom. The molecule has 2 aliphatic rings. The lowest BCUT2D eigenvalue weighted by Gasteiger charge is -2.37. The number of rotatable bonds is 16. The lowest BCUT2D eigenvalue weighted by Crippen LogP contribution is -2.61. The monoisotopic (exact) mass is 747 g/mol. The van der Waals surface area contributed by atoms with Crippen LogP contribution in [0.3, 0.4) is 0 Å². The van der Waals surface area contributed by atoms with E-state index in [1.165, 1.54) is 12.0 Å². The molecule has 16 nitrogen and oxygen atoms in total. The first-order valence-corrected chi connectivity index (χ1v) is 18.6. The van der Waals surface area contributed by atoms with Crippen molar-refractivity contribution in [1.82, 2.24) is 35.0 Å². The number of anilines is 2. The Bertz CT molecular complexity index is 1920. The fourth-order valence-electron chi connectivity index (χ4n) is 6.12. The van der Waals surface area contributed by atoms with Gasteiger partial charge in [0, 0.05) is 55.8 Å². The smallest absolute Gasteiger partial charge is 0.310 e. The van der Waals surface area contributed by atoms with Gasteiger partial charge < -0.3 is 39.8 Å². The molecule has 0 bridgehead atoms. The minimum atomic E-state index is -2.89. The summed E-state index contributed by atoms with van der Waals surface area (Å²) < 4.78 is 28.6. The predicted octanol–water partition coefficient (Wildman–Crippen LogP) is 2.07. The molecular weight excluding hydrogens is 703 g/mol. The molecule has 0 radical (unpaired) electrons. The van der Waals surface area contributed by atoms with Crippen molar-refractivity contribution in [3.8, 4) is 17.3 Å². The third-order valence-corrected chi connectivity index (χ3v) is 9.85. The molecule has 4 aromatic rings. The number of nitrogens with zero attached hydrogens (tertiary/aromatic N) is 6. The van der Waals surface area contributed by atoms with Crippen LogP contribution in [0.4, 0.5) is 11.4 Å². The molecule has 1 amide bonds. The molecule has 282 valence electrons. The molecule has 2 aromatic carbocycles. The summed E-state index contributed by atoms with van der Waals surface area (Å²) in [6.07, 6.45) is 5.73. The summed E-state index contributed by atoms with van der Waals surface area (Å²) in [7, 11) is -0.263. The zero-order chi connectivity index (χ0) is 37.5.